The molecule has 0 saturated heterocycles. The average molecular weight is 378 g/mol. The molecule has 0 aliphatic carbocycles. The number of ether oxygens (including phenoxy) is 2. The summed E-state index contributed by atoms with van der Waals surface area (Å²) in [5.74, 6) is -0.341. The van der Waals surface area contributed by atoms with Gasteiger partial charge in [-0.2, -0.15) is 0 Å². The Bertz CT molecular complexity index is 744. The lowest BCUT2D eigenvalue weighted by Crippen LogP contribution is -2.30. The zero-order valence-corrected chi connectivity index (χ0v) is 15.5. The van der Waals surface area contributed by atoms with Crippen LogP contribution in [0.1, 0.15) is 49.3 Å². The second-order valence-corrected chi connectivity index (χ2v) is 6.99. The fraction of sp³-hybridized carbons (Fsp3) is 0.455. The molecule has 0 N–H and O–H groups in total. The SMILES string of the molecule is CCCCCc1ccc(COc2cc(F)c3c(c2)CCC(C(F)F)O3)cc1. The Labute approximate surface area is 158 Å². The van der Waals surface area contributed by atoms with Gasteiger partial charge in [0.05, 0.1) is 0 Å². The molecule has 146 valence electrons. The molecular weight excluding hydrogens is 353 g/mol. The highest BCUT2D eigenvalue weighted by Crippen LogP contribution is 2.35. The molecule has 1 heterocycles. The van der Waals surface area contributed by atoms with E-state index in [2.05, 4.69) is 19.1 Å². The Hall–Kier alpha value is -2.17. The third kappa shape index (κ3) is 5.18. The van der Waals surface area contributed by atoms with Gasteiger partial charge in [0.1, 0.15) is 12.4 Å². The van der Waals surface area contributed by atoms with Crippen molar-refractivity contribution in [3.63, 3.8) is 0 Å². The van der Waals surface area contributed by atoms with Gasteiger partial charge in [0.2, 0.25) is 0 Å². The summed E-state index contributed by atoms with van der Waals surface area (Å²) >= 11 is 0. The highest BCUT2D eigenvalue weighted by Gasteiger charge is 2.29. The van der Waals surface area contributed by atoms with Crippen molar-refractivity contribution < 1.29 is 22.6 Å². The van der Waals surface area contributed by atoms with Crippen LogP contribution in [0.4, 0.5) is 13.2 Å². The minimum atomic E-state index is -2.61. The number of hydrogen-bond donors (Lipinski definition) is 0. The maximum absolute atomic E-state index is 14.2. The molecular formula is C22H25F3O2. The van der Waals surface area contributed by atoms with Crippen LogP contribution in [0.3, 0.4) is 0 Å². The molecule has 0 saturated carbocycles. The first-order valence-electron chi connectivity index (χ1n) is 9.54. The topological polar surface area (TPSA) is 18.5 Å². The maximum Gasteiger partial charge on any atom is 0.274 e. The molecule has 1 aliphatic heterocycles. The molecule has 0 amide bonds. The largest absolute Gasteiger partial charge is 0.489 e. The normalized spacial score (nSPS) is 16.1. The third-order valence-electron chi connectivity index (χ3n) is 4.84. The van der Waals surface area contributed by atoms with E-state index >= 15 is 0 Å². The Kier molecular flexibility index (Phi) is 6.64. The second-order valence-electron chi connectivity index (χ2n) is 6.99. The first-order chi connectivity index (χ1) is 13.1. The van der Waals surface area contributed by atoms with Gasteiger partial charge in [0.25, 0.3) is 6.43 Å². The number of fused-ring (bicyclic) bond motifs is 1. The van der Waals surface area contributed by atoms with Crippen LogP contribution >= 0.6 is 0 Å². The van der Waals surface area contributed by atoms with Gasteiger partial charge < -0.3 is 9.47 Å². The van der Waals surface area contributed by atoms with E-state index in [9.17, 15) is 13.2 Å². The fourth-order valence-electron chi connectivity index (χ4n) is 3.26. The monoisotopic (exact) mass is 378 g/mol. The lowest BCUT2D eigenvalue weighted by atomic mass is 10.0. The lowest BCUT2D eigenvalue weighted by molar-refractivity contribution is -0.00166. The van der Waals surface area contributed by atoms with Gasteiger partial charge in [-0.1, -0.05) is 44.0 Å². The molecule has 2 aromatic carbocycles. The molecule has 0 fully saturated rings. The van der Waals surface area contributed by atoms with Crippen molar-refractivity contribution in [3.8, 4) is 11.5 Å². The number of alkyl halides is 2. The van der Waals surface area contributed by atoms with Crippen molar-refractivity contribution in [2.45, 2.75) is 64.6 Å². The molecule has 1 atom stereocenters. The van der Waals surface area contributed by atoms with Crippen LogP contribution in [-0.2, 0) is 19.4 Å². The summed E-state index contributed by atoms with van der Waals surface area (Å²) in [6, 6.07) is 11.1. The van der Waals surface area contributed by atoms with E-state index < -0.39 is 18.3 Å². The Morgan fingerprint density at radius 3 is 2.56 bits per heavy atom. The number of benzene rings is 2. The standard InChI is InChI=1S/C22H25F3O2/c1-2-3-4-5-15-6-8-16(9-7-15)14-26-18-12-17-10-11-20(22(24)25)27-21(17)19(23)13-18/h6-9,12-13,20,22H,2-5,10-11,14H2,1H3. The smallest absolute Gasteiger partial charge is 0.274 e. The van der Waals surface area contributed by atoms with E-state index in [4.69, 9.17) is 9.47 Å². The van der Waals surface area contributed by atoms with Crippen LogP contribution in [0.15, 0.2) is 36.4 Å². The predicted molar refractivity (Wildman–Crippen MR) is 99.1 cm³/mol. The molecule has 0 spiro atoms. The van der Waals surface area contributed by atoms with Crippen molar-refractivity contribution in [2.75, 3.05) is 0 Å². The Morgan fingerprint density at radius 1 is 1.11 bits per heavy atom. The minimum Gasteiger partial charge on any atom is -0.489 e. The van der Waals surface area contributed by atoms with Gasteiger partial charge in [-0.3, -0.25) is 0 Å². The van der Waals surface area contributed by atoms with Crippen LogP contribution in [0, 0.1) is 5.82 Å². The molecule has 1 unspecified atom stereocenters. The first kappa shape index (κ1) is 19.6. The molecule has 0 aromatic heterocycles. The Morgan fingerprint density at radius 2 is 1.85 bits per heavy atom. The summed E-state index contributed by atoms with van der Waals surface area (Å²) in [6.45, 7) is 2.52. The number of rotatable bonds is 8. The Balaban J connectivity index is 1.59. The molecule has 2 nitrogen and oxygen atoms in total. The fourth-order valence-corrected chi connectivity index (χ4v) is 3.26. The van der Waals surface area contributed by atoms with Gasteiger partial charge in [-0.05, 0) is 42.9 Å². The molecule has 0 bridgehead atoms. The summed E-state index contributed by atoms with van der Waals surface area (Å²) in [4.78, 5) is 0. The molecule has 1 aliphatic rings. The molecule has 2 aromatic rings. The quantitative estimate of drug-likeness (QED) is 0.517. The lowest BCUT2D eigenvalue weighted by Gasteiger charge is -2.26. The van der Waals surface area contributed by atoms with Crippen LogP contribution in [0.2, 0.25) is 0 Å². The highest BCUT2D eigenvalue weighted by atomic mass is 19.3. The minimum absolute atomic E-state index is 0.0738. The number of hydrogen-bond acceptors (Lipinski definition) is 2. The highest BCUT2D eigenvalue weighted by molar-refractivity contribution is 5.43. The summed E-state index contributed by atoms with van der Waals surface area (Å²) < 4.78 is 50.6. The molecule has 3 rings (SSSR count). The van der Waals surface area contributed by atoms with E-state index in [0.29, 0.717) is 24.3 Å². The van der Waals surface area contributed by atoms with Crippen molar-refractivity contribution in [2.24, 2.45) is 0 Å². The van der Waals surface area contributed by atoms with E-state index in [1.807, 2.05) is 12.1 Å². The average Bonchev–Trinajstić information content (AvgIpc) is 2.67. The van der Waals surface area contributed by atoms with Gasteiger partial charge in [0.15, 0.2) is 17.7 Å². The van der Waals surface area contributed by atoms with Crippen LogP contribution < -0.4 is 9.47 Å². The zero-order chi connectivity index (χ0) is 19.2. The molecule has 0 radical (unpaired) electrons. The van der Waals surface area contributed by atoms with Crippen molar-refractivity contribution in [3.05, 3.63) is 58.9 Å². The van der Waals surface area contributed by atoms with Crippen molar-refractivity contribution >= 4 is 0 Å². The predicted octanol–water partition coefficient (Wildman–Crippen LogP) is 6.10. The summed E-state index contributed by atoms with van der Waals surface area (Å²) in [5.41, 5.74) is 2.88. The van der Waals surface area contributed by atoms with E-state index in [1.165, 1.54) is 30.9 Å². The van der Waals surface area contributed by atoms with Crippen LogP contribution in [0.25, 0.3) is 0 Å². The van der Waals surface area contributed by atoms with Gasteiger partial charge in [-0.15, -0.1) is 0 Å². The summed E-state index contributed by atoms with van der Waals surface area (Å²) in [5, 5.41) is 0. The van der Waals surface area contributed by atoms with Crippen molar-refractivity contribution in [1.82, 2.24) is 0 Å². The molecule has 5 heteroatoms. The van der Waals surface area contributed by atoms with E-state index in [1.54, 1.807) is 6.07 Å². The summed E-state index contributed by atoms with van der Waals surface area (Å²) in [6.07, 6.45) is 1.37. The number of unbranched alkanes of at least 4 members (excludes halogenated alkanes) is 2. The zero-order valence-electron chi connectivity index (χ0n) is 15.5. The second kappa shape index (κ2) is 9.16. The van der Waals surface area contributed by atoms with Gasteiger partial charge >= 0.3 is 0 Å². The van der Waals surface area contributed by atoms with E-state index in [0.717, 1.165) is 12.0 Å². The van der Waals surface area contributed by atoms with Crippen LogP contribution in [-0.4, -0.2) is 12.5 Å². The summed E-state index contributed by atoms with van der Waals surface area (Å²) in [7, 11) is 0. The van der Waals surface area contributed by atoms with Crippen molar-refractivity contribution in [1.29, 1.82) is 0 Å². The third-order valence-corrected chi connectivity index (χ3v) is 4.84. The first-order valence-corrected chi connectivity index (χ1v) is 9.54. The van der Waals surface area contributed by atoms with E-state index in [-0.39, 0.29) is 12.2 Å². The number of aryl methyl sites for hydroxylation is 2. The van der Waals surface area contributed by atoms with Gasteiger partial charge in [0, 0.05) is 11.6 Å². The van der Waals surface area contributed by atoms with Gasteiger partial charge in [-0.25, -0.2) is 13.2 Å². The van der Waals surface area contributed by atoms with Crippen LogP contribution in [0.5, 0.6) is 11.5 Å². The number of halogens is 3. The molecule has 27 heavy (non-hydrogen) atoms. The maximum atomic E-state index is 14.2.